The van der Waals surface area contributed by atoms with E-state index in [4.69, 9.17) is 4.74 Å². The Morgan fingerprint density at radius 3 is 2.78 bits per heavy atom. The first-order valence-electron chi connectivity index (χ1n) is 10.1. The molecule has 1 saturated heterocycles. The second-order valence-corrected chi connectivity index (χ2v) is 8.09. The van der Waals surface area contributed by atoms with Gasteiger partial charge in [0.05, 0.1) is 13.2 Å². The molecule has 1 saturated carbocycles. The minimum absolute atomic E-state index is 0. The minimum atomic E-state index is -0.0295. The van der Waals surface area contributed by atoms with Gasteiger partial charge in [0.1, 0.15) is 0 Å². The van der Waals surface area contributed by atoms with Crippen molar-refractivity contribution >= 4 is 18.3 Å². The van der Waals surface area contributed by atoms with Crippen LogP contribution in [0.2, 0.25) is 0 Å². The van der Waals surface area contributed by atoms with Gasteiger partial charge in [-0.1, -0.05) is 19.3 Å². The van der Waals surface area contributed by atoms with Gasteiger partial charge in [-0.15, -0.1) is 12.4 Å². The molecule has 1 aromatic rings. The van der Waals surface area contributed by atoms with Crippen molar-refractivity contribution in [1.29, 1.82) is 0 Å². The number of hydrogen-bond donors (Lipinski definition) is 3. The Labute approximate surface area is 167 Å². The van der Waals surface area contributed by atoms with E-state index >= 15 is 0 Å². The van der Waals surface area contributed by atoms with E-state index in [-0.39, 0.29) is 23.7 Å². The zero-order valence-electron chi connectivity index (χ0n) is 16.0. The predicted molar refractivity (Wildman–Crippen MR) is 106 cm³/mol. The fraction of sp³-hybridized carbons (Fsp3) is 0.789. The lowest BCUT2D eigenvalue weighted by Gasteiger charge is -2.42. The van der Waals surface area contributed by atoms with Crippen molar-refractivity contribution in [3.05, 3.63) is 17.0 Å². The fourth-order valence-electron chi connectivity index (χ4n) is 4.69. The highest BCUT2D eigenvalue weighted by Gasteiger charge is 2.35. The maximum Gasteiger partial charge on any atom is 0.272 e. The number of nitrogens with one attached hydrogen (secondary N) is 3. The summed E-state index contributed by atoms with van der Waals surface area (Å²) in [6.45, 7) is 7.16. The molecule has 1 aliphatic carbocycles. The number of morpholine rings is 1. The predicted octanol–water partition coefficient (Wildman–Crippen LogP) is 1.49. The average molecular weight is 398 g/mol. The summed E-state index contributed by atoms with van der Waals surface area (Å²) in [6.07, 6.45) is 7.16. The molecular formula is C19H32ClN5O2. The van der Waals surface area contributed by atoms with Gasteiger partial charge in [0.2, 0.25) is 0 Å². The summed E-state index contributed by atoms with van der Waals surface area (Å²) in [6, 6.07) is 0. The lowest BCUT2D eigenvalue weighted by atomic mass is 9.73. The molecule has 2 fully saturated rings. The van der Waals surface area contributed by atoms with Crippen LogP contribution in [0.25, 0.3) is 0 Å². The van der Waals surface area contributed by atoms with Crippen molar-refractivity contribution < 1.29 is 9.53 Å². The maximum atomic E-state index is 12.8. The summed E-state index contributed by atoms with van der Waals surface area (Å²) in [5.41, 5.74) is 2.92. The number of carbonyl (C=O) groups excluding carboxylic acids is 1. The summed E-state index contributed by atoms with van der Waals surface area (Å²) in [5.74, 6) is -0.0295. The molecular weight excluding hydrogens is 366 g/mol. The SMILES string of the molecule is Cl.O=C(NCC1(CN2CCOCC2)CCCCC1)c1n[nH]c2c1CNCC2. The Morgan fingerprint density at radius 2 is 2.00 bits per heavy atom. The monoisotopic (exact) mass is 397 g/mol. The minimum Gasteiger partial charge on any atom is -0.379 e. The van der Waals surface area contributed by atoms with Gasteiger partial charge < -0.3 is 15.4 Å². The highest BCUT2D eigenvalue weighted by molar-refractivity contribution is 5.94. The zero-order valence-corrected chi connectivity index (χ0v) is 16.8. The number of H-pyrrole nitrogens is 1. The number of nitrogens with zero attached hydrogens (tertiary/aromatic N) is 2. The normalized spacial score (nSPS) is 22.5. The summed E-state index contributed by atoms with van der Waals surface area (Å²) in [4.78, 5) is 15.3. The van der Waals surface area contributed by atoms with Crippen LogP contribution in [0.15, 0.2) is 0 Å². The summed E-state index contributed by atoms with van der Waals surface area (Å²) >= 11 is 0. The lowest BCUT2D eigenvalue weighted by Crippen LogP contribution is -2.49. The molecule has 2 aliphatic heterocycles. The second-order valence-electron chi connectivity index (χ2n) is 8.09. The molecule has 1 aromatic heterocycles. The van der Waals surface area contributed by atoms with E-state index < -0.39 is 0 Å². The molecule has 1 amide bonds. The molecule has 0 radical (unpaired) electrons. The van der Waals surface area contributed by atoms with Gasteiger partial charge in [-0.3, -0.25) is 14.8 Å². The number of fused-ring (bicyclic) bond motifs is 1. The fourth-order valence-corrected chi connectivity index (χ4v) is 4.69. The second kappa shape index (κ2) is 9.37. The number of ether oxygens (including phenoxy) is 1. The van der Waals surface area contributed by atoms with Crippen molar-refractivity contribution in [2.24, 2.45) is 5.41 Å². The Balaban J connectivity index is 0.00000210. The molecule has 0 unspecified atom stereocenters. The summed E-state index contributed by atoms with van der Waals surface area (Å²) < 4.78 is 5.49. The van der Waals surface area contributed by atoms with Gasteiger partial charge in [-0.2, -0.15) is 5.10 Å². The third-order valence-electron chi connectivity index (χ3n) is 6.22. The number of aromatic nitrogens is 2. The van der Waals surface area contributed by atoms with Crippen LogP contribution in [0.5, 0.6) is 0 Å². The number of amides is 1. The molecule has 27 heavy (non-hydrogen) atoms. The van der Waals surface area contributed by atoms with Gasteiger partial charge >= 0.3 is 0 Å². The van der Waals surface area contributed by atoms with Crippen LogP contribution >= 0.6 is 12.4 Å². The van der Waals surface area contributed by atoms with E-state index in [0.29, 0.717) is 5.69 Å². The van der Waals surface area contributed by atoms with Gasteiger partial charge in [-0.05, 0) is 12.8 Å². The van der Waals surface area contributed by atoms with E-state index in [2.05, 4.69) is 25.7 Å². The van der Waals surface area contributed by atoms with Crippen molar-refractivity contribution in [2.75, 3.05) is 45.9 Å². The highest BCUT2D eigenvalue weighted by Crippen LogP contribution is 2.37. The smallest absolute Gasteiger partial charge is 0.272 e. The van der Waals surface area contributed by atoms with Crippen LogP contribution in [-0.4, -0.2) is 66.9 Å². The molecule has 3 N–H and O–H groups in total. The number of aromatic amines is 1. The van der Waals surface area contributed by atoms with Gasteiger partial charge in [-0.25, -0.2) is 0 Å². The largest absolute Gasteiger partial charge is 0.379 e. The van der Waals surface area contributed by atoms with E-state index in [1.807, 2.05) is 0 Å². The summed E-state index contributed by atoms with van der Waals surface area (Å²) in [5, 5.41) is 13.9. The van der Waals surface area contributed by atoms with Crippen LogP contribution in [0, 0.1) is 5.41 Å². The van der Waals surface area contributed by atoms with Crippen LogP contribution in [0.1, 0.15) is 53.8 Å². The molecule has 0 spiro atoms. The van der Waals surface area contributed by atoms with Crippen LogP contribution in [0.4, 0.5) is 0 Å². The number of carbonyl (C=O) groups is 1. The Kier molecular flexibility index (Phi) is 7.14. The Hall–Kier alpha value is -1.15. The first-order chi connectivity index (χ1) is 12.8. The van der Waals surface area contributed by atoms with Crippen LogP contribution in [-0.2, 0) is 17.7 Å². The van der Waals surface area contributed by atoms with Gasteiger partial charge in [0.25, 0.3) is 5.91 Å². The van der Waals surface area contributed by atoms with Gasteiger partial charge in [0.15, 0.2) is 5.69 Å². The molecule has 8 heteroatoms. The molecule has 4 rings (SSSR count). The first-order valence-corrected chi connectivity index (χ1v) is 10.1. The van der Waals surface area contributed by atoms with E-state index in [0.717, 1.165) is 70.2 Å². The molecule has 3 heterocycles. The molecule has 7 nitrogen and oxygen atoms in total. The Bertz CT molecular complexity index is 624. The number of halogens is 1. The standard InChI is InChI=1S/C19H31N5O2.ClH/c25-18(17-15-12-20-7-4-16(15)22-23-17)21-13-19(5-2-1-3-6-19)14-24-8-10-26-11-9-24;/h20H,1-14H2,(H,21,25)(H,22,23);1H. The third-order valence-corrected chi connectivity index (χ3v) is 6.22. The molecule has 0 atom stereocenters. The van der Waals surface area contributed by atoms with E-state index in [1.54, 1.807) is 0 Å². The van der Waals surface area contributed by atoms with Crippen molar-refractivity contribution in [1.82, 2.24) is 25.7 Å². The molecule has 3 aliphatic rings. The first kappa shape index (κ1) is 20.6. The quantitative estimate of drug-likeness (QED) is 0.701. The van der Waals surface area contributed by atoms with Crippen LogP contribution in [0.3, 0.4) is 0 Å². The van der Waals surface area contributed by atoms with Crippen molar-refractivity contribution in [2.45, 2.75) is 45.1 Å². The van der Waals surface area contributed by atoms with Gasteiger partial charge in [0, 0.05) is 62.4 Å². The number of rotatable bonds is 5. The Morgan fingerprint density at radius 1 is 1.22 bits per heavy atom. The average Bonchev–Trinajstić information content (AvgIpc) is 3.12. The highest BCUT2D eigenvalue weighted by atomic mass is 35.5. The van der Waals surface area contributed by atoms with E-state index in [9.17, 15) is 4.79 Å². The maximum absolute atomic E-state index is 12.8. The van der Waals surface area contributed by atoms with E-state index in [1.165, 1.54) is 32.1 Å². The topological polar surface area (TPSA) is 82.3 Å². The molecule has 0 aromatic carbocycles. The third kappa shape index (κ3) is 4.83. The number of hydrogen-bond acceptors (Lipinski definition) is 5. The molecule has 0 bridgehead atoms. The summed E-state index contributed by atoms with van der Waals surface area (Å²) in [7, 11) is 0. The van der Waals surface area contributed by atoms with Crippen molar-refractivity contribution in [3.8, 4) is 0 Å². The van der Waals surface area contributed by atoms with Crippen molar-refractivity contribution in [3.63, 3.8) is 0 Å². The lowest BCUT2D eigenvalue weighted by molar-refractivity contribution is 0.00726. The zero-order chi connectivity index (χ0) is 17.8. The molecule has 152 valence electrons. The van der Waals surface area contributed by atoms with Crippen LogP contribution < -0.4 is 10.6 Å².